The SMILES string of the molecule is CCN(CC)C(=O)CNC(=O)c1cccc2c1NCCN2. The first-order chi connectivity index (χ1) is 10.2. The topological polar surface area (TPSA) is 73.5 Å². The van der Waals surface area contributed by atoms with Crippen LogP contribution in [0.4, 0.5) is 11.4 Å². The first kappa shape index (κ1) is 15.2. The molecule has 1 aromatic carbocycles. The standard InChI is InChI=1S/C15H22N4O2/c1-3-19(4-2)13(20)10-18-15(21)11-6-5-7-12-14(11)17-9-8-16-12/h5-7,16-17H,3-4,8-10H2,1-2H3,(H,18,21). The molecule has 2 rings (SSSR count). The highest BCUT2D eigenvalue weighted by Gasteiger charge is 2.18. The molecule has 1 aromatic rings. The second-order valence-electron chi connectivity index (χ2n) is 4.83. The predicted molar refractivity (Wildman–Crippen MR) is 83.7 cm³/mol. The van der Waals surface area contributed by atoms with Gasteiger partial charge in [0.05, 0.1) is 23.5 Å². The number of hydrogen-bond acceptors (Lipinski definition) is 4. The first-order valence-electron chi connectivity index (χ1n) is 7.34. The number of nitrogens with one attached hydrogen (secondary N) is 3. The fourth-order valence-corrected chi connectivity index (χ4v) is 2.40. The monoisotopic (exact) mass is 290 g/mol. The van der Waals surface area contributed by atoms with Gasteiger partial charge < -0.3 is 20.9 Å². The maximum Gasteiger partial charge on any atom is 0.253 e. The lowest BCUT2D eigenvalue weighted by Crippen LogP contribution is -2.40. The Balaban J connectivity index is 2.03. The van der Waals surface area contributed by atoms with Gasteiger partial charge in [-0.15, -0.1) is 0 Å². The second-order valence-corrected chi connectivity index (χ2v) is 4.83. The van der Waals surface area contributed by atoms with Gasteiger partial charge >= 0.3 is 0 Å². The van der Waals surface area contributed by atoms with Crippen molar-refractivity contribution in [2.24, 2.45) is 0 Å². The molecule has 0 aliphatic carbocycles. The van der Waals surface area contributed by atoms with Crippen LogP contribution in [0, 0.1) is 0 Å². The maximum atomic E-state index is 12.3. The Morgan fingerprint density at radius 1 is 1.19 bits per heavy atom. The normalized spacial score (nSPS) is 12.7. The van der Waals surface area contributed by atoms with E-state index in [2.05, 4.69) is 16.0 Å². The Bertz CT molecular complexity index is 526. The number of carbonyl (C=O) groups is 2. The van der Waals surface area contributed by atoms with Gasteiger partial charge in [0.25, 0.3) is 5.91 Å². The number of para-hydroxylation sites is 1. The molecule has 0 unspecified atom stereocenters. The summed E-state index contributed by atoms with van der Waals surface area (Å²) in [4.78, 5) is 25.9. The van der Waals surface area contributed by atoms with E-state index in [0.717, 1.165) is 24.5 Å². The molecule has 6 nitrogen and oxygen atoms in total. The molecule has 1 aliphatic rings. The van der Waals surface area contributed by atoms with Crippen LogP contribution in [0.5, 0.6) is 0 Å². The molecular weight excluding hydrogens is 268 g/mol. The van der Waals surface area contributed by atoms with Gasteiger partial charge in [-0.25, -0.2) is 0 Å². The van der Waals surface area contributed by atoms with Crippen LogP contribution < -0.4 is 16.0 Å². The summed E-state index contributed by atoms with van der Waals surface area (Å²) in [6.45, 7) is 6.78. The Morgan fingerprint density at radius 2 is 1.90 bits per heavy atom. The van der Waals surface area contributed by atoms with E-state index in [0.29, 0.717) is 18.7 Å². The highest BCUT2D eigenvalue weighted by molar-refractivity contribution is 6.03. The first-order valence-corrected chi connectivity index (χ1v) is 7.34. The quantitative estimate of drug-likeness (QED) is 0.760. The summed E-state index contributed by atoms with van der Waals surface area (Å²) in [6.07, 6.45) is 0. The number of fused-ring (bicyclic) bond motifs is 1. The van der Waals surface area contributed by atoms with Crippen LogP contribution >= 0.6 is 0 Å². The summed E-state index contributed by atoms with van der Waals surface area (Å²) in [7, 11) is 0. The number of rotatable bonds is 5. The third-order valence-electron chi connectivity index (χ3n) is 3.57. The average Bonchev–Trinajstić information content (AvgIpc) is 2.53. The number of benzene rings is 1. The third kappa shape index (κ3) is 3.45. The van der Waals surface area contributed by atoms with Crippen molar-refractivity contribution < 1.29 is 9.59 Å². The van der Waals surface area contributed by atoms with E-state index in [1.54, 1.807) is 11.0 Å². The summed E-state index contributed by atoms with van der Waals surface area (Å²) in [5, 5.41) is 9.17. The lowest BCUT2D eigenvalue weighted by Gasteiger charge is -2.23. The third-order valence-corrected chi connectivity index (χ3v) is 3.57. The minimum Gasteiger partial charge on any atom is -0.382 e. The van der Waals surface area contributed by atoms with E-state index in [1.165, 1.54) is 0 Å². The van der Waals surface area contributed by atoms with Gasteiger partial charge in [-0.3, -0.25) is 9.59 Å². The van der Waals surface area contributed by atoms with E-state index in [4.69, 9.17) is 0 Å². The van der Waals surface area contributed by atoms with Crippen molar-refractivity contribution in [3.8, 4) is 0 Å². The predicted octanol–water partition coefficient (Wildman–Crippen LogP) is 1.12. The fourth-order valence-electron chi connectivity index (χ4n) is 2.40. The van der Waals surface area contributed by atoms with E-state index in [1.807, 2.05) is 26.0 Å². The molecule has 0 saturated heterocycles. The average molecular weight is 290 g/mol. The van der Waals surface area contributed by atoms with Crippen molar-refractivity contribution in [1.82, 2.24) is 10.2 Å². The van der Waals surface area contributed by atoms with Gasteiger partial charge in [0.1, 0.15) is 0 Å². The molecular formula is C15H22N4O2. The van der Waals surface area contributed by atoms with Crippen LogP contribution in [0.15, 0.2) is 18.2 Å². The smallest absolute Gasteiger partial charge is 0.253 e. The summed E-state index contributed by atoms with van der Waals surface area (Å²) >= 11 is 0. The van der Waals surface area contributed by atoms with Gasteiger partial charge in [-0.05, 0) is 26.0 Å². The lowest BCUT2D eigenvalue weighted by atomic mass is 10.1. The number of nitrogens with zero attached hydrogens (tertiary/aromatic N) is 1. The molecule has 0 saturated carbocycles. The number of likely N-dealkylation sites (N-methyl/N-ethyl adjacent to an activating group) is 1. The summed E-state index contributed by atoms with van der Waals surface area (Å²) in [5.74, 6) is -0.298. The molecule has 0 fully saturated rings. The van der Waals surface area contributed by atoms with Crippen molar-refractivity contribution in [2.75, 3.05) is 43.4 Å². The minimum absolute atomic E-state index is 0.0254. The second kappa shape index (κ2) is 6.97. The van der Waals surface area contributed by atoms with Crippen LogP contribution in [0.2, 0.25) is 0 Å². The van der Waals surface area contributed by atoms with Crippen molar-refractivity contribution in [1.29, 1.82) is 0 Å². The largest absolute Gasteiger partial charge is 0.382 e. The highest BCUT2D eigenvalue weighted by Crippen LogP contribution is 2.28. The fraction of sp³-hybridized carbons (Fsp3) is 0.467. The molecule has 0 spiro atoms. The van der Waals surface area contributed by atoms with E-state index < -0.39 is 0 Å². The van der Waals surface area contributed by atoms with E-state index in [-0.39, 0.29) is 18.4 Å². The Kier molecular flexibility index (Phi) is 5.03. The number of hydrogen-bond donors (Lipinski definition) is 3. The van der Waals surface area contributed by atoms with Gasteiger partial charge in [-0.2, -0.15) is 0 Å². The van der Waals surface area contributed by atoms with Crippen LogP contribution in [-0.2, 0) is 4.79 Å². The Morgan fingerprint density at radius 3 is 2.62 bits per heavy atom. The summed E-state index contributed by atoms with van der Waals surface area (Å²) in [5.41, 5.74) is 2.28. The summed E-state index contributed by atoms with van der Waals surface area (Å²) in [6, 6.07) is 5.52. The number of anilines is 2. The van der Waals surface area contributed by atoms with Gasteiger partial charge in [0, 0.05) is 26.2 Å². The summed E-state index contributed by atoms with van der Waals surface area (Å²) < 4.78 is 0. The van der Waals surface area contributed by atoms with Crippen molar-refractivity contribution in [3.63, 3.8) is 0 Å². The zero-order valence-corrected chi connectivity index (χ0v) is 12.5. The van der Waals surface area contributed by atoms with Crippen LogP contribution in [0.3, 0.4) is 0 Å². The number of amides is 2. The van der Waals surface area contributed by atoms with Crippen molar-refractivity contribution in [3.05, 3.63) is 23.8 Å². The zero-order chi connectivity index (χ0) is 15.2. The molecule has 21 heavy (non-hydrogen) atoms. The minimum atomic E-state index is -0.233. The highest BCUT2D eigenvalue weighted by atomic mass is 16.2. The van der Waals surface area contributed by atoms with Gasteiger partial charge in [0.15, 0.2) is 0 Å². The van der Waals surface area contributed by atoms with Crippen LogP contribution in [0.25, 0.3) is 0 Å². The van der Waals surface area contributed by atoms with E-state index in [9.17, 15) is 9.59 Å². The van der Waals surface area contributed by atoms with Gasteiger partial charge in [0.2, 0.25) is 5.91 Å². The Labute approximate surface area is 124 Å². The molecule has 3 N–H and O–H groups in total. The molecule has 1 aliphatic heterocycles. The molecule has 0 atom stereocenters. The van der Waals surface area contributed by atoms with Crippen molar-refractivity contribution in [2.45, 2.75) is 13.8 Å². The Hall–Kier alpha value is -2.24. The molecule has 0 radical (unpaired) electrons. The van der Waals surface area contributed by atoms with Crippen LogP contribution in [0.1, 0.15) is 24.2 Å². The zero-order valence-electron chi connectivity index (χ0n) is 12.5. The molecule has 1 heterocycles. The lowest BCUT2D eigenvalue weighted by molar-refractivity contribution is -0.129. The van der Waals surface area contributed by atoms with Crippen molar-refractivity contribution >= 4 is 23.2 Å². The molecule has 114 valence electrons. The molecule has 0 bridgehead atoms. The van der Waals surface area contributed by atoms with E-state index >= 15 is 0 Å². The number of carbonyl (C=O) groups excluding carboxylic acids is 2. The molecule has 2 amide bonds. The molecule has 6 heteroatoms. The van der Waals surface area contributed by atoms with Crippen LogP contribution in [-0.4, -0.2) is 49.4 Å². The van der Waals surface area contributed by atoms with Gasteiger partial charge in [-0.1, -0.05) is 6.07 Å². The maximum absolute atomic E-state index is 12.3. The molecule has 0 aromatic heterocycles.